The average molecular weight is 147 g/mol. The van der Waals surface area contributed by atoms with Gasteiger partial charge in [0.2, 0.25) is 0 Å². The predicted octanol–water partition coefficient (Wildman–Crippen LogP) is 2.69. The lowest BCUT2D eigenvalue weighted by atomic mass is 10.1. The highest BCUT2D eigenvalue weighted by molar-refractivity contribution is 5.73. The molecular weight excluding hydrogens is 134 g/mol. The molecule has 0 unspecified atom stereocenters. The first-order valence-corrected chi connectivity index (χ1v) is 3.73. The molecule has 58 valence electrons. The van der Waals surface area contributed by atoms with Crippen LogP contribution in [0, 0.1) is 0 Å². The number of anilines is 1. The second-order valence-corrected chi connectivity index (χ2v) is 2.56. The maximum absolute atomic E-state index is 5.76. The normalized spacial score (nSPS) is 11.6. The molecule has 1 aromatic carbocycles. The molecule has 0 bridgehead atoms. The smallest absolute Gasteiger partial charge is 0.0390 e. The van der Waals surface area contributed by atoms with E-state index in [9.17, 15) is 0 Å². The van der Waals surface area contributed by atoms with Crippen LogP contribution in [0.2, 0.25) is 0 Å². The molecule has 0 saturated heterocycles. The molecule has 1 rings (SSSR count). The van der Waals surface area contributed by atoms with Gasteiger partial charge >= 0.3 is 0 Å². The summed E-state index contributed by atoms with van der Waals surface area (Å²) < 4.78 is 0. The van der Waals surface area contributed by atoms with Gasteiger partial charge in [-0.3, -0.25) is 0 Å². The monoisotopic (exact) mass is 147 g/mol. The van der Waals surface area contributed by atoms with Crippen molar-refractivity contribution in [3.63, 3.8) is 0 Å². The molecule has 0 fully saturated rings. The van der Waals surface area contributed by atoms with Crippen LogP contribution in [0.5, 0.6) is 0 Å². The van der Waals surface area contributed by atoms with Crippen LogP contribution in [0.4, 0.5) is 5.69 Å². The van der Waals surface area contributed by atoms with E-state index in [0.717, 1.165) is 11.3 Å². The summed E-state index contributed by atoms with van der Waals surface area (Å²) in [7, 11) is 0. The molecule has 0 saturated carbocycles. The SMILES string of the molecule is C/C=C(\C)c1ccccc1N. The van der Waals surface area contributed by atoms with Crippen LogP contribution in [0.3, 0.4) is 0 Å². The van der Waals surface area contributed by atoms with Gasteiger partial charge in [0.25, 0.3) is 0 Å². The number of nitrogen functional groups attached to an aromatic ring is 1. The standard InChI is InChI=1S/C10H13N/c1-3-8(2)9-6-4-5-7-10(9)11/h3-7H,11H2,1-2H3/b8-3+. The zero-order chi connectivity index (χ0) is 8.27. The van der Waals surface area contributed by atoms with Crippen molar-refractivity contribution in [3.8, 4) is 0 Å². The number of para-hydroxylation sites is 1. The lowest BCUT2D eigenvalue weighted by Gasteiger charge is -2.03. The molecule has 0 aromatic heterocycles. The molecule has 2 N–H and O–H groups in total. The minimum Gasteiger partial charge on any atom is -0.398 e. The minimum absolute atomic E-state index is 0.850. The van der Waals surface area contributed by atoms with Gasteiger partial charge in [-0.25, -0.2) is 0 Å². The Balaban J connectivity index is 3.14. The molecule has 1 heteroatoms. The van der Waals surface area contributed by atoms with Gasteiger partial charge in [-0.05, 0) is 31.1 Å². The molecular formula is C10H13N. The van der Waals surface area contributed by atoms with Crippen LogP contribution >= 0.6 is 0 Å². The number of nitrogens with two attached hydrogens (primary N) is 1. The molecule has 1 nitrogen and oxygen atoms in total. The second kappa shape index (κ2) is 3.24. The number of hydrogen-bond donors (Lipinski definition) is 1. The highest BCUT2D eigenvalue weighted by Gasteiger charge is 1.96. The Morgan fingerprint density at radius 1 is 1.36 bits per heavy atom. The molecule has 0 atom stereocenters. The molecule has 1 aromatic rings. The van der Waals surface area contributed by atoms with Crippen LogP contribution in [0.1, 0.15) is 19.4 Å². The topological polar surface area (TPSA) is 26.0 Å². The number of hydrogen-bond acceptors (Lipinski definition) is 1. The van der Waals surface area contributed by atoms with E-state index < -0.39 is 0 Å². The van der Waals surface area contributed by atoms with E-state index in [4.69, 9.17) is 5.73 Å². The summed E-state index contributed by atoms with van der Waals surface area (Å²) in [6, 6.07) is 7.90. The molecule has 0 amide bonds. The van der Waals surface area contributed by atoms with Gasteiger partial charge in [-0.15, -0.1) is 0 Å². The van der Waals surface area contributed by atoms with E-state index in [1.165, 1.54) is 5.57 Å². The third-order valence-electron chi connectivity index (χ3n) is 1.82. The molecule has 0 aliphatic carbocycles. The van der Waals surface area contributed by atoms with E-state index >= 15 is 0 Å². The van der Waals surface area contributed by atoms with E-state index in [-0.39, 0.29) is 0 Å². The zero-order valence-corrected chi connectivity index (χ0v) is 6.96. The van der Waals surface area contributed by atoms with Crippen molar-refractivity contribution >= 4 is 11.3 Å². The van der Waals surface area contributed by atoms with E-state index in [1.54, 1.807) is 0 Å². The van der Waals surface area contributed by atoms with Crippen LogP contribution < -0.4 is 5.73 Å². The Bertz CT molecular complexity index is 274. The van der Waals surface area contributed by atoms with Crippen LogP contribution in [-0.4, -0.2) is 0 Å². The third-order valence-corrected chi connectivity index (χ3v) is 1.82. The zero-order valence-electron chi connectivity index (χ0n) is 6.96. The highest BCUT2D eigenvalue weighted by Crippen LogP contribution is 2.19. The lowest BCUT2D eigenvalue weighted by molar-refractivity contribution is 1.54. The Morgan fingerprint density at radius 3 is 2.55 bits per heavy atom. The van der Waals surface area contributed by atoms with Gasteiger partial charge in [0.05, 0.1) is 0 Å². The van der Waals surface area contributed by atoms with Crippen molar-refractivity contribution in [2.45, 2.75) is 13.8 Å². The molecule has 0 spiro atoms. The van der Waals surface area contributed by atoms with Crippen molar-refractivity contribution in [3.05, 3.63) is 35.9 Å². The summed E-state index contributed by atoms with van der Waals surface area (Å²) in [5.74, 6) is 0. The summed E-state index contributed by atoms with van der Waals surface area (Å²) in [6.07, 6.45) is 2.06. The molecule has 0 radical (unpaired) electrons. The summed E-state index contributed by atoms with van der Waals surface area (Å²) in [4.78, 5) is 0. The van der Waals surface area contributed by atoms with Gasteiger partial charge in [0, 0.05) is 5.69 Å². The second-order valence-electron chi connectivity index (χ2n) is 2.56. The first-order chi connectivity index (χ1) is 5.25. The average Bonchev–Trinajstić information content (AvgIpc) is 2.04. The molecule has 11 heavy (non-hydrogen) atoms. The Morgan fingerprint density at radius 2 is 2.00 bits per heavy atom. The quantitative estimate of drug-likeness (QED) is 0.607. The molecule has 0 heterocycles. The Kier molecular flexibility index (Phi) is 2.32. The summed E-state index contributed by atoms with van der Waals surface area (Å²) >= 11 is 0. The largest absolute Gasteiger partial charge is 0.398 e. The molecule has 0 aliphatic heterocycles. The van der Waals surface area contributed by atoms with Gasteiger partial charge in [0.15, 0.2) is 0 Å². The van der Waals surface area contributed by atoms with E-state index in [2.05, 4.69) is 13.0 Å². The van der Waals surface area contributed by atoms with Crippen molar-refractivity contribution in [2.75, 3.05) is 5.73 Å². The molecule has 0 aliphatic rings. The van der Waals surface area contributed by atoms with Crippen LogP contribution in [0.25, 0.3) is 5.57 Å². The van der Waals surface area contributed by atoms with Crippen molar-refractivity contribution in [2.24, 2.45) is 0 Å². The van der Waals surface area contributed by atoms with Crippen LogP contribution in [0.15, 0.2) is 30.3 Å². The summed E-state index contributed by atoms with van der Waals surface area (Å²) in [5.41, 5.74) is 8.97. The lowest BCUT2D eigenvalue weighted by Crippen LogP contribution is -1.90. The fourth-order valence-electron chi connectivity index (χ4n) is 1.01. The predicted molar refractivity (Wildman–Crippen MR) is 50.2 cm³/mol. The highest BCUT2D eigenvalue weighted by atomic mass is 14.6. The summed E-state index contributed by atoms with van der Waals surface area (Å²) in [6.45, 7) is 4.08. The van der Waals surface area contributed by atoms with E-state index in [0.29, 0.717) is 0 Å². The van der Waals surface area contributed by atoms with Crippen molar-refractivity contribution in [1.29, 1.82) is 0 Å². The minimum atomic E-state index is 0.850. The third kappa shape index (κ3) is 1.61. The van der Waals surface area contributed by atoms with Gasteiger partial charge in [0.1, 0.15) is 0 Å². The maximum Gasteiger partial charge on any atom is 0.0390 e. The van der Waals surface area contributed by atoms with Crippen molar-refractivity contribution in [1.82, 2.24) is 0 Å². The Labute approximate surface area is 67.5 Å². The fourth-order valence-corrected chi connectivity index (χ4v) is 1.01. The maximum atomic E-state index is 5.76. The number of benzene rings is 1. The first kappa shape index (κ1) is 7.86. The van der Waals surface area contributed by atoms with Gasteiger partial charge in [-0.2, -0.15) is 0 Å². The Hall–Kier alpha value is -1.24. The fraction of sp³-hybridized carbons (Fsp3) is 0.200. The number of rotatable bonds is 1. The van der Waals surface area contributed by atoms with Gasteiger partial charge in [-0.1, -0.05) is 24.3 Å². The van der Waals surface area contributed by atoms with Gasteiger partial charge < -0.3 is 5.73 Å². The number of allylic oxidation sites excluding steroid dienone is 2. The van der Waals surface area contributed by atoms with Crippen molar-refractivity contribution < 1.29 is 0 Å². The first-order valence-electron chi connectivity index (χ1n) is 3.73. The van der Waals surface area contributed by atoms with Crippen LogP contribution in [-0.2, 0) is 0 Å². The van der Waals surface area contributed by atoms with E-state index in [1.807, 2.05) is 31.2 Å². The summed E-state index contributed by atoms with van der Waals surface area (Å²) in [5, 5.41) is 0.